The van der Waals surface area contributed by atoms with Crippen molar-refractivity contribution < 1.29 is 14.6 Å². The van der Waals surface area contributed by atoms with E-state index in [1.807, 2.05) is 0 Å². The van der Waals surface area contributed by atoms with E-state index in [9.17, 15) is 9.90 Å². The molecular weight excluding hydrogens is 216 g/mol. The van der Waals surface area contributed by atoms with E-state index in [0.29, 0.717) is 6.42 Å². The van der Waals surface area contributed by atoms with E-state index in [4.69, 9.17) is 4.74 Å². The summed E-state index contributed by atoms with van der Waals surface area (Å²) in [6.07, 6.45) is 7.91. The molecular formula is C14H24O3. The van der Waals surface area contributed by atoms with Gasteiger partial charge in [0.25, 0.3) is 0 Å². The molecule has 1 atom stereocenters. The molecule has 0 aromatic heterocycles. The lowest BCUT2D eigenvalue weighted by atomic mass is 9.70. The van der Waals surface area contributed by atoms with Crippen LogP contribution < -0.4 is 0 Å². The van der Waals surface area contributed by atoms with Crippen molar-refractivity contribution in [1.82, 2.24) is 0 Å². The fourth-order valence-electron chi connectivity index (χ4n) is 3.39. The van der Waals surface area contributed by atoms with E-state index in [2.05, 4.69) is 13.8 Å². The lowest BCUT2D eigenvalue weighted by Gasteiger charge is -2.35. The standard InChI is InChI=1S/C14H24O3/c1-13(2)9-6-11(17-13)10-14(12(15)16)7-4-3-5-8-14/h11H,3-10H2,1-2H3,(H,15,16). The molecule has 3 nitrogen and oxygen atoms in total. The molecule has 1 N–H and O–H groups in total. The molecule has 1 aliphatic carbocycles. The van der Waals surface area contributed by atoms with Gasteiger partial charge in [0.1, 0.15) is 0 Å². The minimum atomic E-state index is -0.606. The number of hydrogen-bond donors (Lipinski definition) is 1. The summed E-state index contributed by atoms with van der Waals surface area (Å²) >= 11 is 0. The van der Waals surface area contributed by atoms with Gasteiger partial charge in [-0.25, -0.2) is 0 Å². The van der Waals surface area contributed by atoms with Crippen molar-refractivity contribution >= 4 is 5.97 Å². The van der Waals surface area contributed by atoms with Crippen LogP contribution in [0.2, 0.25) is 0 Å². The number of carboxylic acids is 1. The molecule has 98 valence electrons. The van der Waals surface area contributed by atoms with Crippen LogP contribution in [0.4, 0.5) is 0 Å². The predicted molar refractivity (Wildman–Crippen MR) is 66.0 cm³/mol. The summed E-state index contributed by atoms with van der Waals surface area (Å²) in [7, 11) is 0. The van der Waals surface area contributed by atoms with E-state index in [0.717, 1.165) is 38.5 Å². The third kappa shape index (κ3) is 2.82. The maximum absolute atomic E-state index is 11.6. The van der Waals surface area contributed by atoms with E-state index in [-0.39, 0.29) is 11.7 Å². The summed E-state index contributed by atoms with van der Waals surface area (Å²) < 4.78 is 5.96. The topological polar surface area (TPSA) is 46.5 Å². The van der Waals surface area contributed by atoms with Crippen molar-refractivity contribution in [3.8, 4) is 0 Å². The van der Waals surface area contributed by atoms with Gasteiger partial charge < -0.3 is 9.84 Å². The maximum Gasteiger partial charge on any atom is 0.309 e. The van der Waals surface area contributed by atoms with Crippen LogP contribution in [0.3, 0.4) is 0 Å². The van der Waals surface area contributed by atoms with Crippen LogP contribution in [0, 0.1) is 5.41 Å². The van der Waals surface area contributed by atoms with E-state index < -0.39 is 11.4 Å². The summed E-state index contributed by atoms with van der Waals surface area (Å²) in [6, 6.07) is 0. The lowest BCUT2D eigenvalue weighted by Crippen LogP contribution is -2.37. The molecule has 3 heteroatoms. The van der Waals surface area contributed by atoms with Gasteiger partial charge in [0.15, 0.2) is 0 Å². The van der Waals surface area contributed by atoms with Crippen LogP contribution in [-0.4, -0.2) is 22.8 Å². The Balaban J connectivity index is 2.01. The molecule has 0 aromatic carbocycles. The van der Waals surface area contributed by atoms with Crippen LogP contribution >= 0.6 is 0 Å². The lowest BCUT2D eigenvalue weighted by molar-refractivity contribution is -0.154. The van der Waals surface area contributed by atoms with Gasteiger partial charge in [-0.15, -0.1) is 0 Å². The summed E-state index contributed by atoms with van der Waals surface area (Å²) in [5.41, 5.74) is -0.553. The Kier molecular flexibility index (Phi) is 3.48. The van der Waals surface area contributed by atoms with Crippen molar-refractivity contribution in [3.63, 3.8) is 0 Å². The number of rotatable bonds is 3. The van der Waals surface area contributed by atoms with Gasteiger partial charge in [-0.2, -0.15) is 0 Å². The van der Waals surface area contributed by atoms with E-state index in [1.54, 1.807) is 0 Å². The van der Waals surface area contributed by atoms with E-state index in [1.165, 1.54) is 6.42 Å². The largest absolute Gasteiger partial charge is 0.481 e. The van der Waals surface area contributed by atoms with Gasteiger partial charge >= 0.3 is 5.97 Å². The highest BCUT2D eigenvalue weighted by Crippen LogP contribution is 2.44. The van der Waals surface area contributed by atoms with Crippen LogP contribution in [-0.2, 0) is 9.53 Å². The highest BCUT2D eigenvalue weighted by Gasteiger charge is 2.44. The second kappa shape index (κ2) is 4.60. The van der Waals surface area contributed by atoms with E-state index >= 15 is 0 Å². The molecule has 1 aliphatic heterocycles. The first-order valence-electron chi connectivity index (χ1n) is 6.85. The Morgan fingerprint density at radius 2 is 1.88 bits per heavy atom. The molecule has 1 heterocycles. The van der Waals surface area contributed by atoms with Crippen molar-refractivity contribution in [1.29, 1.82) is 0 Å². The van der Waals surface area contributed by atoms with Crippen LogP contribution in [0.25, 0.3) is 0 Å². The van der Waals surface area contributed by atoms with Crippen LogP contribution in [0.15, 0.2) is 0 Å². The molecule has 0 spiro atoms. The summed E-state index contributed by atoms with van der Waals surface area (Å²) in [6.45, 7) is 4.20. The first kappa shape index (κ1) is 12.9. The molecule has 17 heavy (non-hydrogen) atoms. The van der Waals surface area contributed by atoms with Gasteiger partial charge in [-0.1, -0.05) is 19.3 Å². The molecule has 2 aliphatic rings. The van der Waals surface area contributed by atoms with Crippen LogP contribution in [0.5, 0.6) is 0 Å². The number of ether oxygens (including phenoxy) is 1. The van der Waals surface area contributed by atoms with Crippen molar-refractivity contribution in [2.75, 3.05) is 0 Å². The molecule has 1 unspecified atom stereocenters. The zero-order valence-corrected chi connectivity index (χ0v) is 11.0. The first-order valence-corrected chi connectivity index (χ1v) is 6.85. The Morgan fingerprint density at radius 3 is 2.35 bits per heavy atom. The van der Waals surface area contributed by atoms with Gasteiger partial charge in [-0.3, -0.25) is 4.79 Å². The van der Waals surface area contributed by atoms with Crippen molar-refractivity contribution in [3.05, 3.63) is 0 Å². The average molecular weight is 240 g/mol. The number of carboxylic acid groups (broad SMARTS) is 1. The van der Waals surface area contributed by atoms with Gasteiger partial charge in [-0.05, 0) is 46.0 Å². The van der Waals surface area contributed by atoms with Crippen LogP contribution in [0.1, 0.15) is 65.2 Å². The number of aliphatic carboxylic acids is 1. The predicted octanol–water partition coefficient (Wildman–Crippen LogP) is 3.37. The Morgan fingerprint density at radius 1 is 1.24 bits per heavy atom. The minimum absolute atomic E-state index is 0.0565. The number of hydrogen-bond acceptors (Lipinski definition) is 2. The molecule has 1 saturated carbocycles. The fraction of sp³-hybridized carbons (Fsp3) is 0.929. The van der Waals surface area contributed by atoms with Gasteiger partial charge in [0, 0.05) is 0 Å². The fourth-order valence-corrected chi connectivity index (χ4v) is 3.39. The monoisotopic (exact) mass is 240 g/mol. The van der Waals surface area contributed by atoms with Crippen molar-refractivity contribution in [2.24, 2.45) is 5.41 Å². The molecule has 0 amide bonds. The normalized spacial score (nSPS) is 31.3. The highest BCUT2D eigenvalue weighted by atomic mass is 16.5. The van der Waals surface area contributed by atoms with Gasteiger partial charge in [0.05, 0.1) is 17.1 Å². The summed E-state index contributed by atoms with van der Waals surface area (Å²) in [4.78, 5) is 11.6. The maximum atomic E-state index is 11.6. The zero-order chi connectivity index (χ0) is 12.5. The minimum Gasteiger partial charge on any atom is -0.481 e. The Bertz CT molecular complexity index is 290. The Hall–Kier alpha value is -0.570. The zero-order valence-electron chi connectivity index (χ0n) is 11.0. The average Bonchev–Trinajstić information content (AvgIpc) is 2.59. The third-order valence-corrected chi connectivity index (χ3v) is 4.44. The molecule has 0 bridgehead atoms. The molecule has 2 fully saturated rings. The number of carbonyl (C=O) groups is 1. The quantitative estimate of drug-likeness (QED) is 0.822. The molecule has 0 radical (unpaired) electrons. The molecule has 1 saturated heterocycles. The second-order valence-corrected chi connectivity index (χ2v) is 6.39. The SMILES string of the molecule is CC1(C)CCC(CC2(C(=O)O)CCCCC2)O1. The molecule has 0 aromatic rings. The second-order valence-electron chi connectivity index (χ2n) is 6.39. The smallest absolute Gasteiger partial charge is 0.309 e. The van der Waals surface area contributed by atoms with Crippen molar-refractivity contribution in [2.45, 2.75) is 76.9 Å². The van der Waals surface area contributed by atoms with Gasteiger partial charge in [0.2, 0.25) is 0 Å². The first-order chi connectivity index (χ1) is 7.94. The Labute approximate surface area is 104 Å². The third-order valence-electron chi connectivity index (χ3n) is 4.44. The molecule has 2 rings (SSSR count). The highest BCUT2D eigenvalue weighted by molar-refractivity contribution is 5.74. The summed E-state index contributed by atoms with van der Waals surface area (Å²) in [5, 5.41) is 9.52. The summed E-state index contributed by atoms with van der Waals surface area (Å²) in [5.74, 6) is -0.606.